The van der Waals surface area contributed by atoms with Crippen LogP contribution >= 0.6 is 0 Å². The quantitative estimate of drug-likeness (QED) is 0.755. The van der Waals surface area contributed by atoms with E-state index in [0.29, 0.717) is 6.04 Å². The van der Waals surface area contributed by atoms with Gasteiger partial charge in [-0.15, -0.1) is 0 Å². The van der Waals surface area contributed by atoms with E-state index < -0.39 is 0 Å². The van der Waals surface area contributed by atoms with E-state index in [0.717, 1.165) is 18.4 Å². The smallest absolute Gasteiger partial charge is 0.0337 e. The summed E-state index contributed by atoms with van der Waals surface area (Å²) in [7, 11) is 0. The van der Waals surface area contributed by atoms with Crippen molar-refractivity contribution in [2.75, 3.05) is 13.1 Å². The second kappa shape index (κ2) is 7.64. The van der Waals surface area contributed by atoms with E-state index in [-0.39, 0.29) is 5.54 Å². The maximum Gasteiger partial charge on any atom is 0.0337 e. The van der Waals surface area contributed by atoms with Gasteiger partial charge in [0.15, 0.2) is 0 Å². The fraction of sp³-hybridized carbons (Fsp3) is 1.00. The average Bonchev–Trinajstić information content (AvgIpc) is 2.34. The molecule has 0 spiro atoms. The van der Waals surface area contributed by atoms with Gasteiger partial charge in [-0.05, 0) is 57.9 Å². The predicted octanol–water partition coefficient (Wildman–Crippen LogP) is 4.04. The number of nitrogens with zero attached hydrogens (tertiary/aromatic N) is 1. The van der Waals surface area contributed by atoms with Gasteiger partial charge in [-0.25, -0.2) is 0 Å². The zero-order valence-electron chi connectivity index (χ0n) is 13.9. The van der Waals surface area contributed by atoms with E-state index in [1.807, 2.05) is 0 Å². The normalized spacial score (nSPS) is 28.6. The summed E-state index contributed by atoms with van der Waals surface area (Å²) in [5.41, 5.74) is 6.54. The Morgan fingerprint density at radius 2 is 1.95 bits per heavy atom. The summed E-state index contributed by atoms with van der Waals surface area (Å²) in [5, 5.41) is 0. The summed E-state index contributed by atoms with van der Waals surface area (Å²) in [5.74, 6) is 1.70. The van der Waals surface area contributed by atoms with Crippen molar-refractivity contribution in [2.45, 2.75) is 84.7 Å². The summed E-state index contributed by atoms with van der Waals surface area (Å²) in [4.78, 5) is 2.71. The molecule has 2 unspecified atom stereocenters. The summed E-state index contributed by atoms with van der Waals surface area (Å²) in [6, 6.07) is 0.612. The van der Waals surface area contributed by atoms with Gasteiger partial charge in [0.05, 0.1) is 0 Å². The Hall–Kier alpha value is -0.0800. The molecule has 1 aliphatic rings. The minimum absolute atomic E-state index is 0.280. The van der Waals surface area contributed by atoms with Crippen molar-refractivity contribution in [1.82, 2.24) is 4.90 Å². The van der Waals surface area contributed by atoms with Crippen LogP contribution < -0.4 is 5.73 Å². The maximum atomic E-state index is 6.26. The Morgan fingerprint density at radius 3 is 2.42 bits per heavy atom. The third-order valence-electron chi connectivity index (χ3n) is 4.80. The molecule has 1 saturated carbocycles. The highest BCUT2D eigenvalue weighted by molar-refractivity contribution is 4.97. The Bertz CT molecular complexity index is 250. The van der Waals surface area contributed by atoms with E-state index in [1.54, 1.807) is 0 Å². The monoisotopic (exact) mass is 268 g/mol. The molecule has 2 atom stereocenters. The highest BCUT2D eigenvalue weighted by Gasteiger charge is 2.40. The van der Waals surface area contributed by atoms with Gasteiger partial charge in [0.25, 0.3) is 0 Å². The second-order valence-corrected chi connectivity index (χ2v) is 7.31. The van der Waals surface area contributed by atoms with Crippen LogP contribution in [0.3, 0.4) is 0 Å². The zero-order valence-corrected chi connectivity index (χ0v) is 13.9. The predicted molar refractivity (Wildman–Crippen MR) is 85.3 cm³/mol. The first-order valence-corrected chi connectivity index (χ1v) is 8.42. The van der Waals surface area contributed by atoms with Gasteiger partial charge in [0.1, 0.15) is 0 Å². The van der Waals surface area contributed by atoms with Crippen molar-refractivity contribution in [1.29, 1.82) is 0 Å². The third-order valence-corrected chi connectivity index (χ3v) is 4.80. The van der Waals surface area contributed by atoms with Crippen molar-refractivity contribution < 1.29 is 0 Å². The van der Waals surface area contributed by atoms with E-state index in [9.17, 15) is 0 Å². The molecule has 0 aromatic heterocycles. The first kappa shape index (κ1) is 17.0. The molecule has 19 heavy (non-hydrogen) atoms. The maximum absolute atomic E-state index is 6.26. The highest BCUT2D eigenvalue weighted by atomic mass is 15.2. The molecule has 0 amide bonds. The van der Waals surface area contributed by atoms with E-state index >= 15 is 0 Å². The van der Waals surface area contributed by atoms with Crippen molar-refractivity contribution in [2.24, 2.45) is 17.6 Å². The van der Waals surface area contributed by atoms with Crippen molar-refractivity contribution in [3.8, 4) is 0 Å². The Labute approximate surface area is 121 Å². The molecule has 0 radical (unpaired) electrons. The van der Waals surface area contributed by atoms with Crippen LogP contribution in [-0.4, -0.2) is 29.6 Å². The topological polar surface area (TPSA) is 29.3 Å². The lowest BCUT2D eigenvalue weighted by Crippen LogP contribution is -2.59. The summed E-state index contributed by atoms with van der Waals surface area (Å²) in [6.45, 7) is 13.7. The largest absolute Gasteiger partial charge is 0.329 e. The van der Waals surface area contributed by atoms with Gasteiger partial charge < -0.3 is 5.73 Å². The van der Waals surface area contributed by atoms with Crippen LogP contribution in [0.2, 0.25) is 0 Å². The summed E-state index contributed by atoms with van der Waals surface area (Å²) in [6.07, 6.45) is 8.00. The van der Waals surface area contributed by atoms with Crippen LogP contribution in [0.1, 0.15) is 73.1 Å². The van der Waals surface area contributed by atoms with Crippen LogP contribution in [0.25, 0.3) is 0 Å². The van der Waals surface area contributed by atoms with Crippen molar-refractivity contribution in [3.63, 3.8) is 0 Å². The molecule has 2 N–H and O–H groups in total. The van der Waals surface area contributed by atoms with Gasteiger partial charge in [0, 0.05) is 18.1 Å². The zero-order chi connectivity index (χ0) is 14.5. The van der Waals surface area contributed by atoms with Crippen molar-refractivity contribution >= 4 is 0 Å². The van der Waals surface area contributed by atoms with E-state index in [1.165, 1.54) is 45.1 Å². The molecule has 0 aromatic carbocycles. The molecular weight excluding hydrogens is 232 g/mol. The molecule has 0 heterocycles. The molecule has 0 saturated heterocycles. The minimum atomic E-state index is 0.280. The lowest BCUT2D eigenvalue weighted by atomic mass is 9.71. The van der Waals surface area contributed by atoms with Gasteiger partial charge >= 0.3 is 0 Å². The molecule has 0 aliphatic heterocycles. The molecule has 0 bridgehead atoms. The standard InChI is InChI=1S/C17H36N2/c1-6-10-19(15(4)5)17(13-18)9-7-8-16(12-17)11-14(2)3/h14-16H,6-13,18H2,1-5H3. The number of hydrogen-bond acceptors (Lipinski definition) is 2. The number of hydrogen-bond donors (Lipinski definition) is 1. The van der Waals surface area contributed by atoms with Gasteiger partial charge in [0.2, 0.25) is 0 Å². The summed E-state index contributed by atoms with van der Waals surface area (Å²) >= 11 is 0. The molecular formula is C17H36N2. The fourth-order valence-corrected chi connectivity index (χ4v) is 4.18. The Morgan fingerprint density at radius 1 is 1.26 bits per heavy atom. The molecule has 2 nitrogen and oxygen atoms in total. The van der Waals surface area contributed by atoms with Crippen LogP contribution in [0.5, 0.6) is 0 Å². The highest BCUT2D eigenvalue weighted by Crippen LogP contribution is 2.40. The second-order valence-electron chi connectivity index (χ2n) is 7.31. The van der Waals surface area contributed by atoms with Crippen LogP contribution in [-0.2, 0) is 0 Å². The molecule has 1 rings (SSSR count). The van der Waals surface area contributed by atoms with E-state index in [4.69, 9.17) is 5.73 Å². The number of nitrogens with two attached hydrogens (primary N) is 1. The van der Waals surface area contributed by atoms with Gasteiger partial charge in [-0.1, -0.05) is 33.6 Å². The first-order valence-electron chi connectivity index (χ1n) is 8.42. The van der Waals surface area contributed by atoms with Crippen molar-refractivity contribution in [3.05, 3.63) is 0 Å². The number of rotatable bonds is 7. The third kappa shape index (κ3) is 4.46. The molecule has 1 fully saturated rings. The first-order chi connectivity index (χ1) is 8.95. The van der Waals surface area contributed by atoms with Crippen LogP contribution in [0, 0.1) is 11.8 Å². The van der Waals surface area contributed by atoms with Gasteiger partial charge in [-0.3, -0.25) is 4.90 Å². The van der Waals surface area contributed by atoms with Gasteiger partial charge in [-0.2, -0.15) is 0 Å². The molecule has 2 heteroatoms. The van der Waals surface area contributed by atoms with E-state index in [2.05, 4.69) is 39.5 Å². The Balaban J connectivity index is 2.81. The average molecular weight is 268 g/mol. The molecule has 114 valence electrons. The van der Waals surface area contributed by atoms with Crippen LogP contribution in [0.4, 0.5) is 0 Å². The fourth-order valence-electron chi connectivity index (χ4n) is 4.18. The lowest BCUT2D eigenvalue weighted by Gasteiger charge is -2.50. The molecule has 1 aliphatic carbocycles. The summed E-state index contributed by atoms with van der Waals surface area (Å²) < 4.78 is 0. The van der Waals surface area contributed by atoms with Crippen LogP contribution in [0.15, 0.2) is 0 Å². The SMILES string of the molecule is CCCN(C(C)C)C1(CN)CCCC(CC(C)C)C1. The lowest BCUT2D eigenvalue weighted by molar-refractivity contribution is 0.00851. The Kier molecular flexibility index (Phi) is 6.82. The minimum Gasteiger partial charge on any atom is -0.329 e. The molecule has 0 aromatic rings.